The van der Waals surface area contributed by atoms with E-state index in [4.69, 9.17) is 11.6 Å². The second kappa shape index (κ2) is 7.26. The number of rotatable bonds is 4. The van der Waals surface area contributed by atoms with Gasteiger partial charge in [0.2, 0.25) is 5.91 Å². The predicted molar refractivity (Wildman–Crippen MR) is 112 cm³/mol. The minimum Gasteiger partial charge on any atom is -0.342 e. The Bertz CT molecular complexity index is 1180. The van der Waals surface area contributed by atoms with Crippen molar-refractivity contribution in [2.45, 2.75) is 6.92 Å². The molecule has 0 fully saturated rings. The van der Waals surface area contributed by atoms with Crippen LogP contribution >= 0.6 is 34.3 Å². The van der Waals surface area contributed by atoms with Crippen molar-refractivity contribution < 1.29 is 9.59 Å². The zero-order valence-electron chi connectivity index (χ0n) is 14.2. The van der Waals surface area contributed by atoms with Gasteiger partial charge < -0.3 is 10.6 Å². The summed E-state index contributed by atoms with van der Waals surface area (Å²) in [6.45, 7) is 1.81. The third-order valence-corrected chi connectivity index (χ3v) is 6.54. The molecule has 0 unspecified atom stereocenters. The quantitative estimate of drug-likeness (QED) is 0.501. The third kappa shape index (κ3) is 3.66. The van der Waals surface area contributed by atoms with Crippen molar-refractivity contribution in [3.05, 3.63) is 57.4 Å². The second-order valence-electron chi connectivity index (χ2n) is 5.89. The maximum absolute atomic E-state index is 12.4. The Labute approximate surface area is 168 Å². The van der Waals surface area contributed by atoms with Gasteiger partial charge in [-0.1, -0.05) is 29.8 Å². The van der Waals surface area contributed by atoms with E-state index >= 15 is 0 Å². The molecule has 0 aliphatic rings. The Balaban J connectivity index is 1.41. The van der Waals surface area contributed by atoms with E-state index in [1.54, 1.807) is 17.4 Å². The topological polar surface area (TPSA) is 71.1 Å². The standard InChI is InChI=1S/C19H14ClN3O2S2/c1-10-22-13-7-6-11(8-15(13)26-10)23-16(24)9-21-19(25)18-17(20)12-4-2-3-5-14(12)27-18/h2-8H,9H2,1H3,(H,21,25)(H,23,24). The Hall–Kier alpha value is -2.48. The molecule has 0 saturated heterocycles. The van der Waals surface area contributed by atoms with Gasteiger partial charge in [-0.05, 0) is 31.2 Å². The lowest BCUT2D eigenvalue weighted by atomic mass is 10.2. The van der Waals surface area contributed by atoms with Crippen LogP contribution in [0.2, 0.25) is 5.02 Å². The summed E-state index contributed by atoms with van der Waals surface area (Å²) < 4.78 is 1.94. The fourth-order valence-corrected chi connectivity index (χ4v) is 5.02. The zero-order chi connectivity index (χ0) is 19.0. The Morgan fingerprint density at radius 1 is 1.11 bits per heavy atom. The minimum absolute atomic E-state index is 0.136. The number of thiazole rings is 1. The van der Waals surface area contributed by atoms with Crippen molar-refractivity contribution in [3.8, 4) is 0 Å². The molecule has 2 amide bonds. The maximum Gasteiger partial charge on any atom is 0.263 e. The van der Waals surface area contributed by atoms with E-state index < -0.39 is 0 Å². The number of hydrogen-bond donors (Lipinski definition) is 2. The monoisotopic (exact) mass is 415 g/mol. The first-order valence-corrected chi connectivity index (χ1v) is 10.1. The molecule has 0 bridgehead atoms. The number of nitrogens with one attached hydrogen (secondary N) is 2. The van der Waals surface area contributed by atoms with Crippen molar-refractivity contribution in [2.75, 3.05) is 11.9 Å². The zero-order valence-corrected chi connectivity index (χ0v) is 16.6. The van der Waals surface area contributed by atoms with Crippen molar-refractivity contribution >= 4 is 72.1 Å². The predicted octanol–water partition coefficient (Wildman–Crippen LogP) is 4.84. The molecule has 2 aromatic heterocycles. The Kier molecular flexibility index (Phi) is 4.82. The summed E-state index contributed by atoms with van der Waals surface area (Å²) in [5.41, 5.74) is 1.58. The molecule has 4 aromatic rings. The number of aryl methyl sites for hydroxylation is 1. The third-order valence-electron chi connectivity index (χ3n) is 3.93. The number of aromatic nitrogens is 1. The molecule has 5 nitrogen and oxygen atoms in total. The first-order valence-electron chi connectivity index (χ1n) is 8.13. The second-order valence-corrected chi connectivity index (χ2v) is 8.55. The van der Waals surface area contributed by atoms with E-state index in [0.29, 0.717) is 15.6 Å². The molecule has 0 aliphatic heterocycles. The molecule has 0 saturated carbocycles. The molecule has 2 heterocycles. The van der Waals surface area contributed by atoms with Gasteiger partial charge >= 0.3 is 0 Å². The van der Waals surface area contributed by atoms with Crippen molar-refractivity contribution in [3.63, 3.8) is 0 Å². The van der Waals surface area contributed by atoms with Crippen molar-refractivity contribution in [1.82, 2.24) is 10.3 Å². The molecule has 0 radical (unpaired) electrons. The van der Waals surface area contributed by atoms with Crippen LogP contribution in [-0.4, -0.2) is 23.3 Å². The highest BCUT2D eigenvalue weighted by Gasteiger charge is 2.17. The van der Waals surface area contributed by atoms with Gasteiger partial charge in [-0.15, -0.1) is 22.7 Å². The molecule has 2 N–H and O–H groups in total. The first kappa shape index (κ1) is 17.9. The number of carbonyl (C=O) groups is 2. The van der Waals surface area contributed by atoms with Gasteiger partial charge in [-0.25, -0.2) is 4.98 Å². The number of fused-ring (bicyclic) bond motifs is 2. The normalized spacial score (nSPS) is 11.0. The Morgan fingerprint density at radius 2 is 1.93 bits per heavy atom. The summed E-state index contributed by atoms with van der Waals surface area (Å²) in [4.78, 5) is 29.4. The number of carbonyl (C=O) groups excluding carboxylic acids is 2. The van der Waals surface area contributed by atoms with Crippen LogP contribution in [0.5, 0.6) is 0 Å². The number of benzene rings is 2. The van der Waals surface area contributed by atoms with E-state index in [9.17, 15) is 9.59 Å². The van der Waals surface area contributed by atoms with Gasteiger partial charge in [-0.3, -0.25) is 9.59 Å². The SMILES string of the molecule is Cc1nc2ccc(NC(=O)CNC(=O)c3sc4ccccc4c3Cl)cc2s1. The number of hydrogen-bond acceptors (Lipinski definition) is 5. The summed E-state index contributed by atoms with van der Waals surface area (Å²) in [6, 6.07) is 13.1. The number of amides is 2. The molecule has 4 rings (SSSR count). The molecule has 0 aliphatic carbocycles. The summed E-state index contributed by atoms with van der Waals surface area (Å²) in [5.74, 6) is -0.661. The summed E-state index contributed by atoms with van der Waals surface area (Å²) in [5, 5.41) is 7.64. The fourth-order valence-electron chi connectivity index (χ4n) is 2.72. The Morgan fingerprint density at radius 3 is 2.74 bits per heavy atom. The van der Waals surface area contributed by atoms with Gasteiger partial charge in [0.15, 0.2) is 0 Å². The number of nitrogens with zero attached hydrogens (tertiary/aromatic N) is 1. The molecule has 136 valence electrons. The van der Waals surface area contributed by atoms with Crippen LogP contribution in [-0.2, 0) is 4.79 Å². The van der Waals surface area contributed by atoms with E-state index in [2.05, 4.69) is 15.6 Å². The molecular weight excluding hydrogens is 402 g/mol. The van der Waals surface area contributed by atoms with Crippen LogP contribution in [0.1, 0.15) is 14.7 Å². The van der Waals surface area contributed by atoms with Crippen LogP contribution < -0.4 is 10.6 Å². The van der Waals surface area contributed by atoms with Crippen LogP contribution in [0.15, 0.2) is 42.5 Å². The molecule has 2 aromatic carbocycles. The fraction of sp³-hybridized carbons (Fsp3) is 0.105. The lowest BCUT2D eigenvalue weighted by Gasteiger charge is -2.06. The van der Waals surface area contributed by atoms with E-state index in [1.165, 1.54) is 11.3 Å². The summed E-state index contributed by atoms with van der Waals surface area (Å²) in [7, 11) is 0. The summed E-state index contributed by atoms with van der Waals surface area (Å²) >= 11 is 9.18. The molecular formula is C19H14ClN3O2S2. The lowest BCUT2D eigenvalue weighted by molar-refractivity contribution is -0.115. The number of anilines is 1. The average Bonchev–Trinajstić information content (AvgIpc) is 3.19. The average molecular weight is 416 g/mol. The van der Waals surface area contributed by atoms with Crippen LogP contribution in [0.3, 0.4) is 0 Å². The van der Waals surface area contributed by atoms with Gasteiger partial charge in [0.1, 0.15) is 4.88 Å². The van der Waals surface area contributed by atoms with E-state index in [0.717, 1.165) is 25.3 Å². The summed E-state index contributed by atoms with van der Waals surface area (Å²) in [6.07, 6.45) is 0. The molecule has 0 atom stereocenters. The number of thiophene rings is 1. The lowest BCUT2D eigenvalue weighted by Crippen LogP contribution is -2.32. The van der Waals surface area contributed by atoms with Gasteiger partial charge in [0.25, 0.3) is 5.91 Å². The maximum atomic E-state index is 12.4. The van der Waals surface area contributed by atoms with Crippen LogP contribution in [0.25, 0.3) is 20.3 Å². The van der Waals surface area contributed by atoms with Crippen molar-refractivity contribution in [1.29, 1.82) is 0 Å². The van der Waals surface area contributed by atoms with Gasteiger partial charge in [0.05, 0.1) is 26.8 Å². The van der Waals surface area contributed by atoms with E-state index in [-0.39, 0.29) is 18.4 Å². The molecule has 27 heavy (non-hydrogen) atoms. The largest absolute Gasteiger partial charge is 0.342 e. The molecule has 8 heteroatoms. The number of halogens is 1. The smallest absolute Gasteiger partial charge is 0.263 e. The highest BCUT2D eigenvalue weighted by molar-refractivity contribution is 7.21. The molecule has 0 spiro atoms. The first-order chi connectivity index (χ1) is 13.0. The van der Waals surface area contributed by atoms with Crippen molar-refractivity contribution in [2.24, 2.45) is 0 Å². The highest BCUT2D eigenvalue weighted by atomic mass is 35.5. The highest BCUT2D eigenvalue weighted by Crippen LogP contribution is 2.34. The van der Waals surface area contributed by atoms with Crippen LogP contribution in [0, 0.1) is 6.92 Å². The minimum atomic E-state index is -0.357. The van der Waals surface area contributed by atoms with Gasteiger partial charge in [0, 0.05) is 15.8 Å². The van der Waals surface area contributed by atoms with Crippen LogP contribution in [0.4, 0.5) is 5.69 Å². The van der Waals surface area contributed by atoms with Gasteiger partial charge in [-0.2, -0.15) is 0 Å². The van der Waals surface area contributed by atoms with E-state index in [1.807, 2.05) is 43.3 Å².